The Hall–Kier alpha value is -1.72. The zero-order chi connectivity index (χ0) is 13.6. The lowest BCUT2D eigenvalue weighted by Gasteiger charge is -2.18. The minimum atomic E-state index is -3.13. The van der Waals surface area contributed by atoms with Crippen molar-refractivity contribution in [3.8, 4) is 0 Å². The van der Waals surface area contributed by atoms with Crippen molar-refractivity contribution in [1.29, 1.82) is 0 Å². The minimum absolute atomic E-state index is 0.0370. The summed E-state index contributed by atoms with van der Waals surface area (Å²) < 4.78 is 4.63. The van der Waals surface area contributed by atoms with Crippen LogP contribution in [0.2, 0.25) is 0 Å². The summed E-state index contributed by atoms with van der Waals surface area (Å²) in [6, 6.07) is 7.58. The first-order valence-electron chi connectivity index (χ1n) is 5.72. The third-order valence-corrected chi connectivity index (χ3v) is 2.37. The van der Waals surface area contributed by atoms with Crippen molar-refractivity contribution in [2.75, 3.05) is 6.61 Å². The van der Waals surface area contributed by atoms with Gasteiger partial charge in [0.15, 0.2) is 0 Å². The largest absolute Gasteiger partial charge is 0.461 e. The molecule has 0 radical (unpaired) electrons. The van der Waals surface area contributed by atoms with Gasteiger partial charge in [-0.2, -0.15) is 0 Å². The number of ether oxygens (including phenoxy) is 1. The molecule has 2 N–H and O–H groups in total. The van der Waals surface area contributed by atoms with Gasteiger partial charge in [0.05, 0.1) is 6.61 Å². The molecule has 5 heteroatoms. The maximum Gasteiger partial charge on any atom is 0.375 e. The quantitative estimate of drug-likeness (QED) is 0.258. The summed E-state index contributed by atoms with van der Waals surface area (Å²) in [6.45, 7) is 1.95. The van der Waals surface area contributed by atoms with Gasteiger partial charge in [-0.25, -0.2) is 4.79 Å². The van der Waals surface area contributed by atoms with Crippen LogP contribution < -0.4 is 0 Å². The summed E-state index contributed by atoms with van der Waals surface area (Å²) in [5.74, 6) is -5.57. The van der Waals surface area contributed by atoms with E-state index in [4.69, 9.17) is 0 Å². The second-order valence-corrected chi connectivity index (χ2v) is 3.86. The monoisotopic (exact) mass is 252 g/mol. The van der Waals surface area contributed by atoms with Crippen molar-refractivity contribution < 1.29 is 24.5 Å². The molecule has 0 spiro atoms. The van der Waals surface area contributed by atoms with E-state index in [0.29, 0.717) is 6.42 Å². The number of benzene rings is 1. The van der Waals surface area contributed by atoms with E-state index < -0.39 is 17.5 Å². The second kappa shape index (κ2) is 6.28. The number of esters is 1. The molecule has 0 aliphatic carbocycles. The fraction of sp³-hybridized carbons (Fsp3) is 0.385. The van der Waals surface area contributed by atoms with Crippen LogP contribution in [0.3, 0.4) is 0 Å². The normalized spacial score (nSPS) is 11.1. The maximum absolute atomic E-state index is 11.7. The first kappa shape index (κ1) is 14.3. The van der Waals surface area contributed by atoms with E-state index in [2.05, 4.69) is 4.74 Å². The molecule has 0 amide bonds. The molecular weight excluding hydrogens is 236 g/mol. The number of hydrogen-bond donors (Lipinski definition) is 2. The lowest BCUT2D eigenvalue weighted by Crippen LogP contribution is -2.47. The van der Waals surface area contributed by atoms with Gasteiger partial charge >= 0.3 is 11.8 Å². The van der Waals surface area contributed by atoms with E-state index in [-0.39, 0.29) is 12.2 Å². The average Bonchev–Trinajstić information content (AvgIpc) is 2.39. The summed E-state index contributed by atoms with van der Waals surface area (Å²) in [4.78, 5) is 23.2. The Kier molecular flexibility index (Phi) is 5.00. The molecule has 0 atom stereocenters. The van der Waals surface area contributed by atoms with E-state index in [9.17, 15) is 19.8 Å². The Balaban J connectivity index is 2.73. The number of Topliss-reactive ketones (excluding diaryl/α,β-unsaturated/α-hetero) is 1. The topological polar surface area (TPSA) is 83.8 Å². The average molecular weight is 252 g/mol. The first-order valence-corrected chi connectivity index (χ1v) is 5.72. The van der Waals surface area contributed by atoms with Gasteiger partial charge in [-0.05, 0) is 6.42 Å². The minimum Gasteiger partial charge on any atom is -0.461 e. The number of rotatable bonds is 6. The van der Waals surface area contributed by atoms with Crippen LogP contribution in [0.25, 0.3) is 0 Å². The third-order valence-electron chi connectivity index (χ3n) is 2.37. The molecule has 0 saturated carbocycles. The van der Waals surface area contributed by atoms with Crippen LogP contribution in [-0.2, 0) is 9.53 Å². The van der Waals surface area contributed by atoms with Gasteiger partial charge in [-0.3, -0.25) is 4.79 Å². The number of hydrogen-bond acceptors (Lipinski definition) is 5. The van der Waals surface area contributed by atoms with E-state index in [1.807, 2.05) is 6.92 Å². The number of carbonyl (C=O) groups is 2. The highest BCUT2D eigenvalue weighted by atomic mass is 16.6. The predicted octanol–water partition coefficient (Wildman–Crippen LogP) is 0.894. The molecule has 0 saturated heterocycles. The van der Waals surface area contributed by atoms with Crippen molar-refractivity contribution in [2.45, 2.75) is 25.6 Å². The molecule has 98 valence electrons. The van der Waals surface area contributed by atoms with Gasteiger partial charge < -0.3 is 14.9 Å². The molecule has 0 aliphatic rings. The Labute approximate surface area is 105 Å². The fourth-order valence-corrected chi connectivity index (χ4v) is 1.29. The molecular formula is C13H16O5. The fourth-order valence-electron chi connectivity index (χ4n) is 1.29. The van der Waals surface area contributed by atoms with Gasteiger partial charge in [0, 0.05) is 5.56 Å². The molecule has 1 aromatic rings. The molecule has 0 fully saturated rings. The first-order chi connectivity index (χ1) is 8.50. The summed E-state index contributed by atoms with van der Waals surface area (Å²) in [7, 11) is 0. The third kappa shape index (κ3) is 3.38. The summed E-state index contributed by atoms with van der Waals surface area (Å²) in [5.41, 5.74) is 0.0370. The van der Waals surface area contributed by atoms with Crippen LogP contribution >= 0.6 is 0 Å². The SMILES string of the molecule is CCCCOC(=O)C(O)(O)C(=O)c1ccccc1. The van der Waals surface area contributed by atoms with E-state index in [1.54, 1.807) is 18.2 Å². The van der Waals surface area contributed by atoms with E-state index >= 15 is 0 Å². The molecule has 0 bridgehead atoms. The van der Waals surface area contributed by atoms with E-state index in [0.717, 1.165) is 6.42 Å². The van der Waals surface area contributed by atoms with Crippen LogP contribution in [-0.4, -0.2) is 34.4 Å². The van der Waals surface area contributed by atoms with Crippen LogP contribution in [0.1, 0.15) is 30.1 Å². The molecule has 0 heterocycles. The van der Waals surface area contributed by atoms with Gasteiger partial charge in [-0.15, -0.1) is 0 Å². The molecule has 1 aromatic carbocycles. The van der Waals surface area contributed by atoms with Crippen molar-refractivity contribution in [3.05, 3.63) is 35.9 Å². The summed E-state index contributed by atoms with van der Waals surface area (Å²) in [6.07, 6.45) is 1.39. The summed E-state index contributed by atoms with van der Waals surface area (Å²) >= 11 is 0. The van der Waals surface area contributed by atoms with Crippen molar-refractivity contribution in [3.63, 3.8) is 0 Å². The highest BCUT2D eigenvalue weighted by Crippen LogP contribution is 2.13. The van der Waals surface area contributed by atoms with Crippen LogP contribution in [0.5, 0.6) is 0 Å². The highest BCUT2D eigenvalue weighted by molar-refractivity contribution is 6.13. The second-order valence-electron chi connectivity index (χ2n) is 3.86. The van der Waals surface area contributed by atoms with Crippen LogP contribution in [0.15, 0.2) is 30.3 Å². The van der Waals surface area contributed by atoms with E-state index in [1.165, 1.54) is 12.1 Å². The van der Waals surface area contributed by atoms with Gasteiger partial charge in [-0.1, -0.05) is 43.7 Å². The number of aliphatic hydroxyl groups is 2. The number of carbonyl (C=O) groups excluding carboxylic acids is 2. The Morgan fingerprint density at radius 1 is 1.22 bits per heavy atom. The Morgan fingerprint density at radius 2 is 1.83 bits per heavy atom. The lowest BCUT2D eigenvalue weighted by molar-refractivity contribution is -0.192. The van der Waals surface area contributed by atoms with Crippen molar-refractivity contribution in [2.24, 2.45) is 0 Å². The predicted molar refractivity (Wildman–Crippen MR) is 63.8 cm³/mol. The van der Waals surface area contributed by atoms with Crippen molar-refractivity contribution >= 4 is 11.8 Å². The smallest absolute Gasteiger partial charge is 0.375 e. The molecule has 5 nitrogen and oxygen atoms in total. The summed E-state index contributed by atoms with van der Waals surface area (Å²) in [5, 5.41) is 19.1. The molecule has 1 rings (SSSR count). The molecule has 0 unspecified atom stereocenters. The van der Waals surface area contributed by atoms with Gasteiger partial charge in [0.1, 0.15) is 0 Å². The van der Waals surface area contributed by atoms with Gasteiger partial charge in [0.25, 0.3) is 0 Å². The van der Waals surface area contributed by atoms with Crippen LogP contribution in [0.4, 0.5) is 0 Å². The zero-order valence-electron chi connectivity index (χ0n) is 10.1. The number of ketones is 1. The molecule has 0 aliphatic heterocycles. The molecule has 18 heavy (non-hydrogen) atoms. The molecule has 0 aromatic heterocycles. The highest BCUT2D eigenvalue weighted by Gasteiger charge is 2.44. The van der Waals surface area contributed by atoms with Gasteiger partial charge in [0.2, 0.25) is 5.78 Å². The Morgan fingerprint density at radius 3 is 2.39 bits per heavy atom. The standard InChI is InChI=1S/C13H16O5/c1-2-3-9-18-12(15)13(16,17)11(14)10-7-5-4-6-8-10/h4-8,16-17H,2-3,9H2,1H3. The Bertz CT molecular complexity index is 411. The number of unbranched alkanes of at least 4 members (excludes halogenated alkanes) is 1. The lowest BCUT2D eigenvalue weighted by atomic mass is 10.0. The zero-order valence-corrected chi connectivity index (χ0v) is 10.1. The van der Waals surface area contributed by atoms with Crippen LogP contribution in [0, 0.1) is 0 Å². The van der Waals surface area contributed by atoms with Crippen molar-refractivity contribution in [1.82, 2.24) is 0 Å². The maximum atomic E-state index is 11.7.